The highest BCUT2D eigenvalue weighted by atomic mass is 16.5. The lowest BCUT2D eigenvalue weighted by atomic mass is 9.98. The lowest BCUT2D eigenvalue weighted by Gasteiger charge is -2.33. The number of piperidine rings is 1. The van der Waals surface area contributed by atoms with E-state index >= 15 is 0 Å². The van der Waals surface area contributed by atoms with Gasteiger partial charge in [0.1, 0.15) is 12.1 Å². The maximum absolute atomic E-state index is 5.42. The van der Waals surface area contributed by atoms with E-state index in [9.17, 15) is 0 Å². The quantitative estimate of drug-likeness (QED) is 0.854. The van der Waals surface area contributed by atoms with Gasteiger partial charge in [0.2, 0.25) is 5.88 Å². The van der Waals surface area contributed by atoms with Crippen LogP contribution in [0.1, 0.15) is 19.8 Å². The van der Waals surface area contributed by atoms with Crippen molar-refractivity contribution in [1.29, 1.82) is 0 Å². The molecule has 1 N–H and O–H groups in total. The molecule has 1 aromatic rings. The molecule has 1 aliphatic heterocycles. The fraction of sp³-hybridized carbons (Fsp3) is 0.692. The average molecular weight is 250 g/mol. The minimum absolute atomic E-state index is 0.638. The van der Waals surface area contributed by atoms with Crippen molar-refractivity contribution < 1.29 is 4.74 Å². The Kier molecular flexibility index (Phi) is 4.75. The summed E-state index contributed by atoms with van der Waals surface area (Å²) in [6.45, 7) is 5.80. The molecule has 0 spiro atoms. The van der Waals surface area contributed by atoms with Crippen LogP contribution in [0.5, 0.6) is 5.88 Å². The van der Waals surface area contributed by atoms with Gasteiger partial charge in [0.05, 0.1) is 6.61 Å². The first kappa shape index (κ1) is 13.1. The van der Waals surface area contributed by atoms with Crippen LogP contribution in [0.25, 0.3) is 0 Å². The molecule has 2 heterocycles. The van der Waals surface area contributed by atoms with Crippen LogP contribution < -0.4 is 15.0 Å². The van der Waals surface area contributed by atoms with Gasteiger partial charge in [0, 0.05) is 19.2 Å². The zero-order valence-electron chi connectivity index (χ0n) is 11.2. The van der Waals surface area contributed by atoms with Gasteiger partial charge < -0.3 is 15.0 Å². The van der Waals surface area contributed by atoms with Gasteiger partial charge in [0.15, 0.2) is 0 Å². The molecule has 0 saturated carbocycles. The zero-order valence-corrected chi connectivity index (χ0v) is 11.2. The summed E-state index contributed by atoms with van der Waals surface area (Å²) in [5, 5.41) is 3.26. The first-order valence-electron chi connectivity index (χ1n) is 6.68. The van der Waals surface area contributed by atoms with Crippen LogP contribution in [-0.2, 0) is 0 Å². The van der Waals surface area contributed by atoms with E-state index in [1.165, 1.54) is 12.8 Å². The maximum Gasteiger partial charge on any atom is 0.218 e. The number of rotatable bonds is 5. The molecule has 0 radical (unpaired) electrons. The highest BCUT2D eigenvalue weighted by Crippen LogP contribution is 2.22. The van der Waals surface area contributed by atoms with E-state index in [0.717, 1.165) is 25.5 Å². The first-order chi connectivity index (χ1) is 8.83. The average Bonchev–Trinajstić information content (AvgIpc) is 2.40. The summed E-state index contributed by atoms with van der Waals surface area (Å²) < 4.78 is 5.42. The molecule has 1 aromatic heterocycles. The molecule has 0 amide bonds. The standard InChI is InChI=1S/C13H22N4O/c1-3-18-13-7-12(15-10-16-13)17-6-4-5-11(9-17)8-14-2/h7,10-11,14H,3-6,8-9H2,1-2H3. The number of hydrogen-bond donors (Lipinski definition) is 1. The summed E-state index contributed by atoms with van der Waals surface area (Å²) in [6, 6.07) is 1.94. The second-order valence-electron chi connectivity index (χ2n) is 4.66. The van der Waals surface area contributed by atoms with Crippen LogP contribution in [-0.4, -0.2) is 43.3 Å². The molecule has 1 aliphatic rings. The number of ether oxygens (including phenoxy) is 1. The van der Waals surface area contributed by atoms with Gasteiger partial charge in [0.25, 0.3) is 0 Å². The summed E-state index contributed by atoms with van der Waals surface area (Å²) in [5.41, 5.74) is 0. The Hall–Kier alpha value is -1.36. The van der Waals surface area contributed by atoms with Crippen molar-refractivity contribution >= 4 is 5.82 Å². The Labute approximate surface area is 109 Å². The van der Waals surface area contributed by atoms with Crippen LogP contribution in [0, 0.1) is 5.92 Å². The van der Waals surface area contributed by atoms with Crippen molar-refractivity contribution in [2.75, 3.05) is 38.2 Å². The first-order valence-corrected chi connectivity index (χ1v) is 6.68. The Morgan fingerprint density at radius 1 is 1.50 bits per heavy atom. The normalized spacial score (nSPS) is 19.9. The van der Waals surface area contributed by atoms with Gasteiger partial charge in [-0.3, -0.25) is 0 Å². The third kappa shape index (κ3) is 3.32. The Morgan fingerprint density at radius 2 is 2.39 bits per heavy atom. The van der Waals surface area contributed by atoms with Crippen LogP contribution in [0.4, 0.5) is 5.82 Å². The highest BCUT2D eigenvalue weighted by Gasteiger charge is 2.20. The molecule has 0 aliphatic carbocycles. The van der Waals surface area contributed by atoms with Crippen molar-refractivity contribution in [3.8, 4) is 5.88 Å². The fourth-order valence-corrected chi connectivity index (χ4v) is 2.46. The summed E-state index contributed by atoms with van der Waals surface area (Å²) in [7, 11) is 2.01. The molecular formula is C13H22N4O. The van der Waals surface area contributed by atoms with Gasteiger partial charge >= 0.3 is 0 Å². The number of nitrogens with zero attached hydrogens (tertiary/aromatic N) is 3. The van der Waals surface area contributed by atoms with Gasteiger partial charge in [-0.05, 0) is 39.3 Å². The predicted octanol–water partition coefficient (Wildman–Crippen LogP) is 1.31. The maximum atomic E-state index is 5.42. The molecule has 1 atom stereocenters. The number of hydrogen-bond acceptors (Lipinski definition) is 5. The smallest absolute Gasteiger partial charge is 0.218 e. The SMILES string of the molecule is CCOc1cc(N2CCCC(CNC)C2)ncn1. The fourth-order valence-electron chi connectivity index (χ4n) is 2.46. The molecule has 1 fully saturated rings. The van der Waals surface area contributed by atoms with E-state index in [-0.39, 0.29) is 0 Å². The summed E-state index contributed by atoms with van der Waals surface area (Å²) >= 11 is 0. The number of nitrogens with one attached hydrogen (secondary N) is 1. The van der Waals surface area contributed by atoms with Gasteiger partial charge in [-0.1, -0.05) is 0 Å². The molecule has 18 heavy (non-hydrogen) atoms. The van der Waals surface area contributed by atoms with E-state index in [1.807, 2.05) is 20.0 Å². The predicted molar refractivity (Wildman–Crippen MR) is 72.1 cm³/mol. The molecule has 2 rings (SSSR count). The molecule has 5 heteroatoms. The van der Waals surface area contributed by atoms with Crippen molar-refractivity contribution in [2.45, 2.75) is 19.8 Å². The Bertz CT molecular complexity index is 370. The Morgan fingerprint density at radius 3 is 3.17 bits per heavy atom. The monoisotopic (exact) mass is 250 g/mol. The summed E-state index contributed by atoms with van der Waals surface area (Å²) in [6.07, 6.45) is 4.10. The third-order valence-corrected chi connectivity index (χ3v) is 3.26. The zero-order chi connectivity index (χ0) is 12.8. The Balaban J connectivity index is 2.03. The van der Waals surface area contributed by atoms with Gasteiger partial charge in [-0.15, -0.1) is 0 Å². The minimum atomic E-state index is 0.638. The number of anilines is 1. The van der Waals surface area contributed by atoms with Crippen molar-refractivity contribution in [2.24, 2.45) is 5.92 Å². The number of aromatic nitrogens is 2. The topological polar surface area (TPSA) is 50.3 Å². The van der Waals surface area contributed by atoms with Crippen LogP contribution in [0.15, 0.2) is 12.4 Å². The molecule has 1 unspecified atom stereocenters. The van der Waals surface area contributed by atoms with Crippen LogP contribution in [0.3, 0.4) is 0 Å². The summed E-state index contributed by atoms with van der Waals surface area (Å²) in [4.78, 5) is 10.8. The van der Waals surface area contributed by atoms with E-state index in [1.54, 1.807) is 6.33 Å². The largest absolute Gasteiger partial charge is 0.478 e. The van der Waals surface area contributed by atoms with E-state index < -0.39 is 0 Å². The van der Waals surface area contributed by atoms with E-state index in [4.69, 9.17) is 4.74 Å². The molecular weight excluding hydrogens is 228 g/mol. The second kappa shape index (κ2) is 6.54. The van der Waals surface area contributed by atoms with Crippen LogP contribution >= 0.6 is 0 Å². The molecule has 100 valence electrons. The lowest BCUT2D eigenvalue weighted by Crippen LogP contribution is -2.39. The molecule has 1 saturated heterocycles. The third-order valence-electron chi connectivity index (χ3n) is 3.26. The van der Waals surface area contributed by atoms with Gasteiger partial charge in [-0.2, -0.15) is 0 Å². The molecule has 5 nitrogen and oxygen atoms in total. The lowest BCUT2D eigenvalue weighted by molar-refractivity contribution is 0.325. The summed E-state index contributed by atoms with van der Waals surface area (Å²) in [5.74, 6) is 2.35. The van der Waals surface area contributed by atoms with Crippen LogP contribution in [0.2, 0.25) is 0 Å². The van der Waals surface area contributed by atoms with E-state index in [2.05, 4.69) is 20.2 Å². The van der Waals surface area contributed by atoms with E-state index in [0.29, 0.717) is 18.4 Å². The van der Waals surface area contributed by atoms with Crippen molar-refractivity contribution in [3.05, 3.63) is 12.4 Å². The molecule has 0 aromatic carbocycles. The van der Waals surface area contributed by atoms with Gasteiger partial charge in [-0.25, -0.2) is 9.97 Å². The van der Waals surface area contributed by atoms with Crippen molar-refractivity contribution in [3.63, 3.8) is 0 Å². The highest BCUT2D eigenvalue weighted by molar-refractivity contribution is 5.41. The second-order valence-corrected chi connectivity index (χ2v) is 4.66. The minimum Gasteiger partial charge on any atom is -0.478 e. The molecule has 0 bridgehead atoms. The van der Waals surface area contributed by atoms with Crippen molar-refractivity contribution in [1.82, 2.24) is 15.3 Å².